The highest BCUT2D eigenvalue weighted by Gasteiger charge is 2.24. The van der Waals surface area contributed by atoms with E-state index < -0.39 is 0 Å². The van der Waals surface area contributed by atoms with E-state index in [1.807, 2.05) is 0 Å². The van der Waals surface area contributed by atoms with Gasteiger partial charge in [0.1, 0.15) is 0 Å². The minimum atomic E-state index is 0.845. The van der Waals surface area contributed by atoms with Crippen LogP contribution in [0.15, 0.2) is 0 Å². The fraction of sp³-hybridized carbons (Fsp3) is 1.00. The van der Waals surface area contributed by atoms with Crippen molar-refractivity contribution in [3.63, 3.8) is 0 Å². The van der Waals surface area contributed by atoms with E-state index in [2.05, 4.69) is 25.7 Å². The van der Waals surface area contributed by atoms with Crippen LogP contribution in [0.3, 0.4) is 0 Å². The molecule has 60 valence electrons. The Kier molecular flexibility index (Phi) is 2.72. The van der Waals surface area contributed by atoms with Crippen LogP contribution in [0.4, 0.5) is 0 Å². The van der Waals surface area contributed by atoms with Gasteiger partial charge in [-0.2, -0.15) is 0 Å². The SMILES string of the molecule is CCC1CN(CC(C)C)C1. The molecule has 1 heterocycles. The number of hydrogen-bond donors (Lipinski definition) is 0. The van der Waals surface area contributed by atoms with Gasteiger partial charge in [0, 0.05) is 19.6 Å². The Balaban J connectivity index is 2.03. The second kappa shape index (κ2) is 3.38. The fourth-order valence-electron chi connectivity index (χ4n) is 1.60. The first-order valence-corrected chi connectivity index (χ1v) is 4.44. The van der Waals surface area contributed by atoms with Crippen molar-refractivity contribution in [1.82, 2.24) is 4.90 Å². The van der Waals surface area contributed by atoms with Gasteiger partial charge in [0.05, 0.1) is 0 Å². The highest BCUT2D eigenvalue weighted by atomic mass is 15.2. The molecule has 1 rings (SSSR count). The van der Waals surface area contributed by atoms with Gasteiger partial charge in [0.25, 0.3) is 0 Å². The molecule has 1 saturated heterocycles. The van der Waals surface area contributed by atoms with Gasteiger partial charge < -0.3 is 4.90 Å². The predicted octanol–water partition coefficient (Wildman–Crippen LogP) is 1.98. The molecule has 1 heteroatoms. The van der Waals surface area contributed by atoms with Gasteiger partial charge >= 0.3 is 0 Å². The zero-order valence-electron chi connectivity index (χ0n) is 7.43. The van der Waals surface area contributed by atoms with Gasteiger partial charge in [-0.05, 0) is 11.8 Å². The van der Waals surface area contributed by atoms with Crippen LogP contribution in [0.5, 0.6) is 0 Å². The first-order chi connectivity index (χ1) is 4.72. The molecule has 0 atom stereocenters. The van der Waals surface area contributed by atoms with Crippen LogP contribution >= 0.6 is 0 Å². The summed E-state index contributed by atoms with van der Waals surface area (Å²) in [4.78, 5) is 2.55. The summed E-state index contributed by atoms with van der Waals surface area (Å²) in [6.45, 7) is 10.9. The smallest absolute Gasteiger partial charge is 0.00220 e. The maximum absolute atomic E-state index is 2.55. The lowest BCUT2D eigenvalue weighted by atomic mass is 9.96. The van der Waals surface area contributed by atoms with Crippen LogP contribution in [-0.4, -0.2) is 24.5 Å². The summed E-state index contributed by atoms with van der Waals surface area (Å²) in [5.41, 5.74) is 0. The van der Waals surface area contributed by atoms with E-state index >= 15 is 0 Å². The van der Waals surface area contributed by atoms with Crippen LogP contribution in [0, 0.1) is 11.8 Å². The average molecular weight is 141 g/mol. The Morgan fingerprint density at radius 2 is 2.00 bits per heavy atom. The standard InChI is InChI=1S/C9H19N/c1-4-9-6-10(7-9)5-8(2)3/h8-9H,4-7H2,1-3H3. The third-order valence-electron chi connectivity index (χ3n) is 2.23. The molecule has 1 fully saturated rings. The highest BCUT2D eigenvalue weighted by molar-refractivity contribution is 4.78. The summed E-state index contributed by atoms with van der Waals surface area (Å²) < 4.78 is 0. The Morgan fingerprint density at radius 3 is 2.40 bits per heavy atom. The molecule has 0 aliphatic carbocycles. The van der Waals surface area contributed by atoms with Gasteiger partial charge in [-0.1, -0.05) is 27.2 Å². The molecule has 0 unspecified atom stereocenters. The van der Waals surface area contributed by atoms with Gasteiger partial charge in [-0.15, -0.1) is 0 Å². The first kappa shape index (κ1) is 8.06. The number of nitrogens with zero attached hydrogens (tertiary/aromatic N) is 1. The minimum absolute atomic E-state index is 0.845. The molecular weight excluding hydrogens is 122 g/mol. The first-order valence-electron chi connectivity index (χ1n) is 4.44. The van der Waals surface area contributed by atoms with Crippen molar-refractivity contribution < 1.29 is 0 Å². The average Bonchev–Trinajstić information content (AvgIpc) is 1.76. The van der Waals surface area contributed by atoms with Gasteiger partial charge in [0.15, 0.2) is 0 Å². The van der Waals surface area contributed by atoms with E-state index in [1.165, 1.54) is 26.1 Å². The second-order valence-electron chi connectivity index (χ2n) is 3.89. The number of rotatable bonds is 3. The van der Waals surface area contributed by atoms with Crippen molar-refractivity contribution in [2.45, 2.75) is 27.2 Å². The van der Waals surface area contributed by atoms with Gasteiger partial charge in [-0.25, -0.2) is 0 Å². The van der Waals surface area contributed by atoms with Crippen molar-refractivity contribution in [3.05, 3.63) is 0 Å². The Labute approximate surface area is 64.4 Å². The molecule has 0 N–H and O–H groups in total. The zero-order valence-corrected chi connectivity index (χ0v) is 7.43. The number of hydrogen-bond acceptors (Lipinski definition) is 1. The summed E-state index contributed by atoms with van der Waals surface area (Å²) in [6, 6.07) is 0. The normalized spacial score (nSPS) is 21.6. The summed E-state index contributed by atoms with van der Waals surface area (Å²) in [6.07, 6.45) is 1.37. The predicted molar refractivity (Wildman–Crippen MR) is 45.1 cm³/mol. The molecule has 0 spiro atoms. The molecule has 1 aliphatic rings. The van der Waals surface area contributed by atoms with E-state index in [1.54, 1.807) is 0 Å². The van der Waals surface area contributed by atoms with Crippen LogP contribution in [0.1, 0.15) is 27.2 Å². The minimum Gasteiger partial charge on any atom is -0.302 e. The molecule has 0 bridgehead atoms. The fourth-order valence-corrected chi connectivity index (χ4v) is 1.60. The molecule has 0 saturated carbocycles. The molecule has 0 aromatic rings. The van der Waals surface area contributed by atoms with Crippen LogP contribution in [-0.2, 0) is 0 Å². The quantitative estimate of drug-likeness (QED) is 0.581. The van der Waals surface area contributed by atoms with Crippen molar-refractivity contribution in [2.24, 2.45) is 11.8 Å². The third kappa shape index (κ3) is 1.98. The summed E-state index contributed by atoms with van der Waals surface area (Å²) >= 11 is 0. The Hall–Kier alpha value is -0.0400. The maximum atomic E-state index is 2.55. The van der Waals surface area contributed by atoms with Crippen molar-refractivity contribution in [2.75, 3.05) is 19.6 Å². The Bertz CT molecular complexity index is 92.9. The topological polar surface area (TPSA) is 3.24 Å². The zero-order chi connectivity index (χ0) is 7.56. The van der Waals surface area contributed by atoms with E-state index in [0.29, 0.717) is 0 Å². The van der Waals surface area contributed by atoms with E-state index in [0.717, 1.165) is 11.8 Å². The van der Waals surface area contributed by atoms with Crippen LogP contribution in [0.25, 0.3) is 0 Å². The van der Waals surface area contributed by atoms with Crippen molar-refractivity contribution >= 4 is 0 Å². The molecular formula is C9H19N. The molecule has 10 heavy (non-hydrogen) atoms. The number of likely N-dealkylation sites (tertiary alicyclic amines) is 1. The van der Waals surface area contributed by atoms with E-state index in [9.17, 15) is 0 Å². The van der Waals surface area contributed by atoms with Gasteiger partial charge in [0.2, 0.25) is 0 Å². The lowest BCUT2D eigenvalue weighted by Gasteiger charge is -2.39. The van der Waals surface area contributed by atoms with E-state index in [-0.39, 0.29) is 0 Å². The largest absolute Gasteiger partial charge is 0.302 e. The lowest BCUT2D eigenvalue weighted by molar-refractivity contribution is 0.0848. The summed E-state index contributed by atoms with van der Waals surface area (Å²) in [5.74, 6) is 1.86. The molecule has 1 aliphatic heterocycles. The van der Waals surface area contributed by atoms with Crippen LogP contribution < -0.4 is 0 Å². The molecule has 0 aromatic heterocycles. The molecule has 0 aromatic carbocycles. The highest BCUT2D eigenvalue weighted by Crippen LogP contribution is 2.19. The maximum Gasteiger partial charge on any atom is 0.00220 e. The molecule has 1 nitrogen and oxygen atoms in total. The summed E-state index contributed by atoms with van der Waals surface area (Å²) in [7, 11) is 0. The lowest BCUT2D eigenvalue weighted by Crippen LogP contribution is -2.47. The van der Waals surface area contributed by atoms with Crippen LogP contribution in [0.2, 0.25) is 0 Å². The summed E-state index contributed by atoms with van der Waals surface area (Å²) in [5, 5.41) is 0. The third-order valence-corrected chi connectivity index (χ3v) is 2.23. The molecule has 0 radical (unpaired) electrons. The van der Waals surface area contributed by atoms with Crippen molar-refractivity contribution in [1.29, 1.82) is 0 Å². The molecule has 0 amide bonds. The van der Waals surface area contributed by atoms with E-state index in [4.69, 9.17) is 0 Å². The Morgan fingerprint density at radius 1 is 1.40 bits per heavy atom. The van der Waals surface area contributed by atoms with Crippen molar-refractivity contribution in [3.8, 4) is 0 Å². The monoisotopic (exact) mass is 141 g/mol. The van der Waals surface area contributed by atoms with Gasteiger partial charge in [-0.3, -0.25) is 0 Å². The second-order valence-corrected chi connectivity index (χ2v) is 3.89.